The molecule has 3 nitrogen and oxygen atoms in total. The third kappa shape index (κ3) is 3.68. The largest absolute Gasteiger partial charge is 0.396 e. The number of hydrogen-bond donors (Lipinski definition) is 2. The third-order valence-corrected chi connectivity index (χ3v) is 3.22. The quantitative estimate of drug-likeness (QED) is 0.672. The smallest absolute Gasteiger partial charge is 0.0678 e. The minimum Gasteiger partial charge on any atom is -0.396 e. The van der Waals surface area contributed by atoms with E-state index in [0.29, 0.717) is 6.61 Å². The zero-order valence-electron chi connectivity index (χ0n) is 9.63. The number of nitrogens with one attached hydrogen (secondary N) is 1. The Morgan fingerprint density at radius 2 is 2.13 bits per heavy atom. The minimum atomic E-state index is 0.131. The van der Waals surface area contributed by atoms with Crippen molar-refractivity contribution in [2.75, 3.05) is 26.4 Å². The molecule has 1 aliphatic heterocycles. The highest BCUT2D eigenvalue weighted by molar-refractivity contribution is 5.07. The molecule has 0 aromatic rings. The molecular weight excluding hydrogens is 188 g/mol. The van der Waals surface area contributed by atoms with Gasteiger partial charge in [0.15, 0.2) is 0 Å². The van der Waals surface area contributed by atoms with Gasteiger partial charge in [-0.1, -0.05) is 20.1 Å². The molecule has 1 heterocycles. The predicted octanol–water partition coefficient (Wildman–Crippen LogP) is 1.33. The Morgan fingerprint density at radius 1 is 1.53 bits per heavy atom. The monoisotopic (exact) mass is 210 g/mol. The van der Waals surface area contributed by atoms with Crippen molar-refractivity contribution in [2.45, 2.75) is 19.8 Å². The van der Waals surface area contributed by atoms with Gasteiger partial charge in [0.1, 0.15) is 0 Å². The summed E-state index contributed by atoms with van der Waals surface area (Å²) in [7, 11) is 0. The van der Waals surface area contributed by atoms with E-state index in [2.05, 4.69) is 30.3 Å². The fourth-order valence-electron chi connectivity index (χ4n) is 1.69. The van der Waals surface area contributed by atoms with Crippen molar-refractivity contribution >= 4 is 0 Å². The lowest BCUT2D eigenvalue weighted by Crippen LogP contribution is -2.43. The number of aliphatic hydroxyl groups excluding tert-OH is 1. The minimum absolute atomic E-state index is 0.131. The highest BCUT2D eigenvalue weighted by Gasteiger charge is 2.28. The summed E-state index contributed by atoms with van der Waals surface area (Å²) >= 11 is 0. The van der Waals surface area contributed by atoms with Crippen molar-refractivity contribution in [1.82, 2.24) is 10.2 Å². The van der Waals surface area contributed by atoms with Crippen LogP contribution in [0, 0.1) is 5.41 Å². The normalized spacial score (nSPS) is 20.9. The van der Waals surface area contributed by atoms with Gasteiger partial charge in [-0.25, -0.2) is 0 Å². The van der Waals surface area contributed by atoms with E-state index in [1.54, 1.807) is 6.08 Å². The number of aliphatic hydroxyl groups is 1. The summed E-state index contributed by atoms with van der Waals surface area (Å²) in [4.78, 5) is 2.34. The van der Waals surface area contributed by atoms with Gasteiger partial charge in [0.25, 0.3) is 0 Å². The van der Waals surface area contributed by atoms with E-state index < -0.39 is 0 Å². The van der Waals surface area contributed by atoms with Gasteiger partial charge in [-0.2, -0.15) is 0 Å². The van der Waals surface area contributed by atoms with Gasteiger partial charge in [0.05, 0.1) is 6.67 Å². The Balaban J connectivity index is 2.26. The summed E-state index contributed by atoms with van der Waals surface area (Å²) in [5, 5.41) is 12.4. The van der Waals surface area contributed by atoms with Crippen molar-refractivity contribution in [2.24, 2.45) is 5.41 Å². The summed E-state index contributed by atoms with van der Waals surface area (Å²) in [6, 6.07) is 0. The zero-order chi connectivity index (χ0) is 11.3. The fourth-order valence-corrected chi connectivity index (χ4v) is 1.69. The van der Waals surface area contributed by atoms with E-state index in [0.717, 1.165) is 38.3 Å². The van der Waals surface area contributed by atoms with Crippen LogP contribution in [0.2, 0.25) is 0 Å². The van der Waals surface area contributed by atoms with Crippen LogP contribution in [-0.2, 0) is 0 Å². The molecule has 1 fully saturated rings. The molecule has 86 valence electrons. The van der Waals surface area contributed by atoms with E-state index >= 15 is 0 Å². The van der Waals surface area contributed by atoms with Gasteiger partial charge < -0.3 is 10.4 Å². The molecule has 0 aromatic heterocycles. The Labute approximate surface area is 92.5 Å². The number of piperidine rings is 1. The van der Waals surface area contributed by atoms with Crippen LogP contribution >= 0.6 is 0 Å². The maximum atomic E-state index is 9.23. The van der Waals surface area contributed by atoms with Gasteiger partial charge >= 0.3 is 0 Å². The van der Waals surface area contributed by atoms with Crippen LogP contribution in [0.25, 0.3) is 0 Å². The van der Waals surface area contributed by atoms with Crippen molar-refractivity contribution in [3.63, 3.8) is 0 Å². The first kappa shape index (κ1) is 12.3. The standard InChI is InChI=1S/C12H22N2O/c1-4-11(2)13-10-14-7-5-12(3,9-15)6-8-14/h4,13,15H,1-2,5-10H2,3H3. The van der Waals surface area contributed by atoms with Gasteiger partial charge in [0.2, 0.25) is 0 Å². The summed E-state index contributed by atoms with van der Waals surface area (Å²) in [6.45, 7) is 12.8. The topological polar surface area (TPSA) is 35.5 Å². The van der Waals surface area contributed by atoms with E-state index in [1.165, 1.54) is 0 Å². The van der Waals surface area contributed by atoms with Crippen molar-refractivity contribution in [3.8, 4) is 0 Å². The molecule has 0 radical (unpaired) electrons. The number of allylic oxidation sites excluding steroid dienone is 1. The molecule has 15 heavy (non-hydrogen) atoms. The van der Waals surface area contributed by atoms with Crippen molar-refractivity contribution < 1.29 is 5.11 Å². The summed E-state index contributed by atoms with van der Waals surface area (Å²) in [6.07, 6.45) is 3.85. The first-order valence-corrected chi connectivity index (χ1v) is 5.48. The Bertz CT molecular complexity index is 230. The number of nitrogens with zero attached hydrogens (tertiary/aromatic N) is 1. The molecular formula is C12H22N2O. The van der Waals surface area contributed by atoms with Crippen molar-refractivity contribution in [3.05, 3.63) is 24.9 Å². The lowest BCUT2D eigenvalue weighted by Gasteiger charge is -2.38. The molecule has 1 aliphatic rings. The SMILES string of the molecule is C=CC(=C)NCN1CCC(C)(CO)CC1. The summed E-state index contributed by atoms with van der Waals surface area (Å²) in [5.41, 5.74) is 0.997. The van der Waals surface area contributed by atoms with Crippen LogP contribution in [0.1, 0.15) is 19.8 Å². The maximum Gasteiger partial charge on any atom is 0.0678 e. The first-order chi connectivity index (χ1) is 7.09. The Morgan fingerprint density at radius 3 is 2.60 bits per heavy atom. The molecule has 0 aliphatic carbocycles. The lowest BCUT2D eigenvalue weighted by atomic mass is 9.81. The Hall–Kier alpha value is -0.800. The second kappa shape index (κ2) is 5.33. The van der Waals surface area contributed by atoms with Crippen molar-refractivity contribution in [1.29, 1.82) is 0 Å². The highest BCUT2D eigenvalue weighted by atomic mass is 16.3. The fraction of sp³-hybridized carbons (Fsp3) is 0.667. The van der Waals surface area contributed by atoms with E-state index in [1.807, 2.05) is 0 Å². The highest BCUT2D eigenvalue weighted by Crippen LogP contribution is 2.29. The Kier molecular flexibility index (Phi) is 4.36. The summed E-state index contributed by atoms with van der Waals surface area (Å²) in [5.74, 6) is 0. The van der Waals surface area contributed by atoms with Gasteiger partial charge in [-0.05, 0) is 24.3 Å². The van der Waals surface area contributed by atoms with E-state index in [4.69, 9.17) is 0 Å². The second-order valence-corrected chi connectivity index (χ2v) is 4.65. The number of likely N-dealkylation sites (tertiary alicyclic amines) is 1. The predicted molar refractivity (Wildman–Crippen MR) is 63.3 cm³/mol. The second-order valence-electron chi connectivity index (χ2n) is 4.65. The lowest BCUT2D eigenvalue weighted by molar-refractivity contribution is 0.0568. The first-order valence-electron chi connectivity index (χ1n) is 5.48. The molecule has 0 spiro atoms. The molecule has 0 bridgehead atoms. The van der Waals surface area contributed by atoms with Crippen LogP contribution in [0.5, 0.6) is 0 Å². The van der Waals surface area contributed by atoms with Crippen LogP contribution in [0.4, 0.5) is 0 Å². The molecule has 1 saturated heterocycles. The molecule has 0 amide bonds. The van der Waals surface area contributed by atoms with Gasteiger partial charge in [-0.3, -0.25) is 4.90 Å². The molecule has 2 N–H and O–H groups in total. The maximum absolute atomic E-state index is 9.23. The number of rotatable bonds is 5. The zero-order valence-corrected chi connectivity index (χ0v) is 9.63. The molecule has 0 aromatic carbocycles. The number of hydrogen-bond acceptors (Lipinski definition) is 3. The van der Waals surface area contributed by atoms with E-state index in [-0.39, 0.29) is 5.41 Å². The van der Waals surface area contributed by atoms with Crippen LogP contribution in [0.15, 0.2) is 24.9 Å². The van der Waals surface area contributed by atoms with Gasteiger partial charge in [0, 0.05) is 25.4 Å². The molecule has 0 saturated carbocycles. The van der Waals surface area contributed by atoms with E-state index in [9.17, 15) is 5.11 Å². The molecule has 0 unspecified atom stereocenters. The molecule has 0 atom stereocenters. The van der Waals surface area contributed by atoms with Crippen LogP contribution in [-0.4, -0.2) is 36.4 Å². The molecule has 1 rings (SSSR count). The summed E-state index contributed by atoms with van der Waals surface area (Å²) < 4.78 is 0. The van der Waals surface area contributed by atoms with Crippen LogP contribution in [0.3, 0.4) is 0 Å². The molecule has 3 heteroatoms. The average molecular weight is 210 g/mol. The average Bonchev–Trinajstić information content (AvgIpc) is 2.28. The third-order valence-electron chi connectivity index (χ3n) is 3.22. The van der Waals surface area contributed by atoms with Gasteiger partial charge in [-0.15, -0.1) is 0 Å². The van der Waals surface area contributed by atoms with Crippen LogP contribution < -0.4 is 5.32 Å².